The first kappa shape index (κ1) is 29.1. The van der Waals surface area contributed by atoms with E-state index in [1.807, 2.05) is 48.5 Å². The van der Waals surface area contributed by atoms with Gasteiger partial charge in [0.2, 0.25) is 4.84 Å². The fourth-order valence-electron chi connectivity index (χ4n) is 1.98. The van der Waals surface area contributed by atoms with Crippen LogP contribution in [-0.2, 0) is 14.3 Å². The highest BCUT2D eigenvalue weighted by atomic mass is 35.5. The molecule has 3 aromatic rings. The van der Waals surface area contributed by atoms with Gasteiger partial charge in [0.1, 0.15) is 6.29 Å². The molecule has 0 spiro atoms. The number of nitrogens with two attached hydrogens (primary N) is 1. The van der Waals surface area contributed by atoms with Crippen molar-refractivity contribution < 1.29 is 23.9 Å². The van der Waals surface area contributed by atoms with Crippen LogP contribution in [0.4, 0.5) is 5.13 Å². The molecule has 3 rings (SSSR count). The minimum atomic E-state index is -1.05. The van der Waals surface area contributed by atoms with Crippen LogP contribution in [0.15, 0.2) is 60.7 Å². The first-order valence-corrected chi connectivity index (χ1v) is 10.3. The van der Waals surface area contributed by atoms with E-state index in [0.29, 0.717) is 5.13 Å². The number of esters is 2. The molecule has 0 amide bonds. The zero-order valence-electron chi connectivity index (χ0n) is 16.7. The Hall–Kier alpha value is -2.94. The van der Waals surface area contributed by atoms with Gasteiger partial charge in [0.15, 0.2) is 10.8 Å². The molecule has 2 N–H and O–H groups in total. The lowest BCUT2D eigenvalue weighted by atomic mass is 10.1. The molecule has 2 aromatic carbocycles. The van der Waals surface area contributed by atoms with Crippen molar-refractivity contribution in [2.24, 2.45) is 0 Å². The number of carbonyl (C=O) groups excluding carboxylic acids is 3. The number of thiazole rings is 1. The molecule has 0 bridgehead atoms. The van der Waals surface area contributed by atoms with Gasteiger partial charge >= 0.3 is 11.9 Å². The van der Waals surface area contributed by atoms with Crippen LogP contribution in [0.1, 0.15) is 28.3 Å². The molecule has 0 saturated carbocycles. The van der Waals surface area contributed by atoms with Crippen molar-refractivity contribution in [2.75, 3.05) is 20.0 Å². The highest BCUT2D eigenvalue weighted by molar-refractivity contribution is 7.19. The second-order valence-electron chi connectivity index (χ2n) is 5.44. The number of carbonyl (C=O) groups is 3. The SMILES string of the molecule is C.COC(=O)C(Cl)Cl.COC(=O)c1nc(N)sc1-c1ccccc1.O=Cc1ccccc1. The molecule has 0 fully saturated rings. The van der Waals surface area contributed by atoms with E-state index in [4.69, 9.17) is 28.9 Å². The number of hydrogen-bond donors (Lipinski definition) is 1. The molecule has 0 unspecified atom stereocenters. The fraction of sp³-hybridized carbons (Fsp3) is 0.182. The molecule has 10 heteroatoms. The summed E-state index contributed by atoms with van der Waals surface area (Å²) in [5, 5.41) is 0.360. The highest BCUT2D eigenvalue weighted by Crippen LogP contribution is 2.31. The maximum atomic E-state index is 11.5. The molecule has 1 heterocycles. The van der Waals surface area contributed by atoms with Gasteiger partial charge in [-0.1, -0.05) is 103 Å². The van der Waals surface area contributed by atoms with Crippen LogP contribution in [0.2, 0.25) is 0 Å². The second-order valence-corrected chi connectivity index (χ2v) is 7.57. The zero-order chi connectivity index (χ0) is 23.2. The van der Waals surface area contributed by atoms with E-state index in [0.717, 1.165) is 22.3 Å². The van der Waals surface area contributed by atoms with Crippen molar-refractivity contribution in [3.63, 3.8) is 0 Å². The molecule has 1 aromatic heterocycles. The van der Waals surface area contributed by atoms with Crippen molar-refractivity contribution in [1.29, 1.82) is 0 Å². The van der Waals surface area contributed by atoms with E-state index >= 15 is 0 Å². The topological polar surface area (TPSA) is 109 Å². The predicted octanol–water partition coefficient (Wildman–Crippen LogP) is 5.28. The number of alkyl halides is 2. The molecule has 7 nitrogen and oxygen atoms in total. The summed E-state index contributed by atoms with van der Waals surface area (Å²) in [5.41, 5.74) is 7.53. The van der Waals surface area contributed by atoms with Crippen molar-refractivity contribution in [2.45, 2.75) is 12.3 Å². The Morgan fingerprint density at radius 1 is 1.00 bits per heavy atom. The van der Waals surface area contributed by atoms with Gasteiger partial charge < -0.3 is 15.2 Å². The number of halogens is 2. The number of nitrogen functional groups attached to an aromatic ring is 1. The molecule has 0 saturated heterocycles. The molecule has 0 aliphatic carbocycles. The Morgan fingerprint density at radius 3 is 1.91 bits per heavy atom. The summed E-state index contributed by atoms with van der Waals surface area (Å²) in [5.74, 6) is -1.09. The number of methoxy groups -OCH3 is 2. The standard InChI is InChI=1S/C11H10N2O2S.C7H6O.C3H4Cl2O2.CH4/c1-15-10(14)8-9(16-11(12)13-8)7-5-3-2-4-6-7;8-6-7-4-2-1-3-5-7;1-7-3(6)2(4)5;/h2-6H,1H3,(H2,12,13);1-6H;2H,1H3;1H4. The van der Waals surface area contributed by atoms with E-state index in [2.05, 4.69) is 14.5 Å². The quantitative estimate of drug-likeness (QED) is 0.296. The zero-order valence-corrected chi connectivity index (χ0v) is 19.0. The molecule has 0 radical (unpaired) electrons. The van der Waals surface area contributed by atoms with Crippen molar-refractivity contribution in [3.8, 4) is 10.4 Å². The smallest absolute Gasteiger partial charge is 0.358 e. The number of aldehydes is 1. The van der Waals surface area contributed by atoms with Crippen molar-refractivity contribution in [1.82, 2.24) is 4.98 Å². The summed E-state index contributed by atoms with van der Waals surface area (Å²) < 4.78 is 8.77. The second kappa shape index (κ2) is 15.8. The number of aromatic nitrogens is 1. The van der Waals surface area contributed by atoms with Gasteiger partial charge in [-0.15, -0.1) is 0 Å². The Kier molecular flexibility index (Phi) is 14.3. The predicted molar refractivity (Wildman–Crippen MR) is 129 cm³/mol. The van der Waals surface area contributed by atoms with E-state index < -0.39 is 16.8 Å². The largest absolute Gasteiger partial charge is 0.467 e. The lowest BCUT2D eigenvalue weighted by molar-refractivity contribution is -0.138. The fourth-order valence-corrected chi connectivity index (χ4v) is 2.98. The van der Waals surface area contributed by atoms with Crippen molar-refractivity contribution in [3.05, 3.63) is 71.9 Å². The van der Waals surface area contributed by atoms with Gasteiger partial charge in [0.05, 0.1) is 19.1 Å². The van der Waals surface area contributed by atoms with Crippen LogP contribution in [-0.4, -0.2) is 42.3 Å². The number of hydrogen-bond acceptors (Lipinski definition) is 8. The molecule has 0 atom stereocenters. The third-order valence-electron chi connectivity index (χ3n) is 3.37. The van der Waals surface area contributed by atoms with Crippen LogP contribution < -0.4 is 5.73 Å². The van der Waals surface area contributed by atoms with Gasteiger partial charge in [-0.05, 0) is 5.56 Å². The van der Waals surface area contributed by atoms with Crippen LogP contribution >= 0.6 is 34.5 Å². The first-order valence-electron chi connectivity index (χ1n) is 8.60. The maximum Gasteiger partial charge on any atom is 0.358 e. The van der Waals surface area contributed by atoms with Crippen LogP contribution in [0.3, 0.4) is 0 Å². The maximum absolute atomic E-state index is 11.5. The van der Waals surface area contributed by atoms with E-state index in [9.17, 15) is 14.4 Å². The summed E-state index contributed by atoms with van der Waals surface area (Å²) >= 11 is 11.3. The third kappa shape index (κ3) is 9.91. The molecule has 32 heavy (non-hydrogen) atoms. The Balaban J connectivity index is 0.000000507. The van der Waals surface area contributed by atoms with Crippen molar-refractivity contribution >= 4 is 57.9 Å². The highest BCUT2D eigenvalue weighted by Gasteiger charge is 2.18. The third-order valence-corrected chi connectivity index (χ3v) is 4.66. The monoisotopic (exact) mass is 498 g/mol. The average molecular weight is 499 g/mol. The average Bonchev–Trinajstić information content (AvgIpc) is 3.21. The van der Waals surface area contributed by atoms with Gasteiger partial charge in [0.25, 0.3) is 0 Å². The molecular formula is C22H24Cl2N2O5S. The minimum absolute atomic E-state index is 0. The van der Waals surface area contributed by atoms with Crippen LogP contribution in [0, 0.1) is 0 Å². The lowest BCUT2D eigenvalue weighted by Crippen LogP contribution is -2.08. The van der Waals surface area contributed by atoms with E-state index in [-0.39, 0.29) is 13.1 Å². The number of benzene rings is 2. The summed E-state index contributed by atoms with van der Waals surface area (Å²) in [4.78, 5) is 35.2. The molecular weight excluding hydrogens is 475 g/mol. The van der Waals surface area contributed by atoms with Gasteiger partial charge in [0, 0.05) is 5.56 Å². The van der Waals surface area contributed by atoms with Crippen LogP contribution in [0.25, 0.3) is 10.4 Å². The number of ether oxygens (including phenoxy) is 2. The Morgan fingerprint density at radius 2 is 1.53 bits per heavy atom. The van der Waals surface area contributed by atoms with Crippen LogP contribution in [0.5, 0.6) is 0 Å². The normalized spacial score (nSPS) is 9.16. The summed E-state index contributed by atoms with van der Waals surface area (Å²) in [6.45, 7) is 0. The first-order chi connectivity index (χ1) is 14.8. The Bertz CT molecular complexity index is 967. The lowest BCUT2D eigenvalue weighted by Gasteiger charge is -1.99. The summed E-state index contributed by atoms with van der Waals surface area (Å²) in [6, 6.07) is 18.6. The Labute approximate surface area is 201 Å². The summed E-state index contributed by atoms with van der Waals surface area (Å²) in [7, 11) is 2.55. The van der Waals surface area contributed by atoms with Gasteiger partial charge in [-0.2, -0.15) is 0 Å². The summed E-state index contributed by atoms with van der Waals surface area (Å²) in [6.07, 6.45) is 0.833. The molecule has 0 aliphatic rings. The molecule has 172 valence electrons. The number of anilines is 1. The van der Waals surface area contributed by atoms with E-state index in [1.54, 1.807) is 12.1 Å². The number of nitrogens with zero attached hydrogens (tertiary/aromatic N) is 1. The molecule has 0 aliphatic heterocycles. The van der Waals surface area contributed by atoms with Gasteiger partial charge in [-0.25, -0.2) is 14.6 Å². The van der Waals surface area contributed by atoms with Gasteiger partial charge in [-0.3, -0.25) is 4.79 Å². The number of rotatable bonds is 4. The minimum Gasteiger partial charge on any atom is -0.467 e. The van der Waals surface area contributed by atoms with E-state index in [1.165, 1.54) is 25.6 Å².